The van der Waals surface area contributed by atoms with E-state index in [0.29, 0.717) is 16.3 Å². The lowest BCUT2D eigenvalue weighted by Crippen LogP contribution is -2.44. The Bertz CT molecular complexity index is 859. The SMILES string of the molecule is C[C@@]1(C[n+]2cccc(O)c2)CCCC=C1S(=O)(=O)c1ccccc1. The van der Waals surface area contributed by atoms with Gasteiger partial charge in [-0.1, -0.05) is 24.3 Å². The summed E-state index contributed by atoms with van der Waals surface area (Å²) in [5, 5.41) is 9.68. The zero-order chi connectivity index (χ0) is 17.2. The van der Waals surface area contributed by atoms with Crippen LogP contribution in [0.25, 0.3) is 0 Å². The van der Waals surface area contributed by atoms with E-state index < -0.39 is 15.3 Å². The van der Waals surface area contributed by atoms with Gasteiger partial charge in [-0.05, 0) is 44.4 Å². The van der Waals surface area contributed by atoms with Crippen LogP contribution in [0.4, 0.5) is 0 Å². The number of benzene rings is 1. The summed E-state index contributed by atoms with van der Waals surface area (Å²) in [5.41, 5.74) is -0.495. The standard InChI is InChI=1S/C19H21NO3S/c1-19(15-20-13-7-8-16(21)14-20)12-6-5-11-18(19)24(22,23)17-9-3-2-4-10-17/h2-4,7-11,13-14H,5-6,12,15H2,1H3/p+1/t19-/m0/s1. The first-order valence-corrected chi connectivity index (χ1v) is 9.59. The first-order chi connectivity index (χ1) is 11.4. The van der Waals surface area contributed by atoms with Gasteiger partial charge >= 0.3 is 0 Å². The Morgan fingerprint density at radius 3 is 2.62 bits per heavy atom. The second-order valence-corrected chi connectivity index (χ2v) is 8.49. The minimum absolute atomic E-state index is 0.174. The van der Waals surface area contributed by atoms with E-state index in [1.54, 1.807) is 42.6 Å². The Kier molecular flexibility index (Phi) is 4.45. The smallest absolute Gasteiger partial charge is 0.210 e. The van der Waals surface area contributed by atoms with Gasteiger partial charge in [-0.2, -0.15) is 0 Å². The van der Waals surface area contributed by atoms with Crippen molar-refractivity contribution in [1.82, 2.24) is 0 Å². The fourth-order valence-corrected chi connectivity index (χ4v) is 5.34. The molecule has 0 fully saturated rings. The molecule has 3 rings (SSSR count). The lowest BCUT2D eigenvalue weighted by molar-refractivity contribution is -0.708. The predicted octanol–water partition coefficient (Wildman–Crippen LogP) is 3.23. The van der Waals surface area contributed by atoms with Gasteiger partial charge in [0.15, 0.2) is 18.5 Å². The van der Waals surface area contributed by atoms with Crippen LogP contribution >= 0.6 is 0 Å². The van der Waals surface area contributed by atoms with E-state index >= 15 is 0 Å². The number of rotatable bonds is 4. The third-order valence-electron chi connectivity index (χ3n) is 4.57. The van der Waals surface area contributed by atoms with Crippen molar-refractivity contribution in [3.8, 4) is 5.75 Å². The number of nitrogens with zero attached hydrogens (tertiary/aromatic N) is 1. The van der Waals surface area contributed by atoms with Crippen LogP contribution in [-0.4, -0.2) is 13.5 Å². The summed E-state index contributed by atoms with van der Waals surface area (Å²) in [7, 11) is -3.51. The minimum atomic E-state index is -3.51. The van der Waals surface area contributed by atoms with Gasteiger partial charge < -0.3 is 5.11 Å². The number of aromatic nitrogens is 1. The van der Waals surface area contributed by atoms with E-state index in [4.69, 9.17) is 0 Å². The van der Waals surface area contributed by atoms with Gasteiger partial charge in [-0.25, -0.2) is 13.0 Å². The first-order valence-electron chi connectivity index (χ1n) is 8.11. The molecule has 0 aliphatic heterocycles. The molecule has 1 heterocycles. The number of hydrogen-bond acceptors (Lipinski definition) is 3. The molecule has 0 spiro atoms. The molecular formula is C19H22NO3S+. The van der Waals surface area contributed by atoms with Crippen LogP contribution in [0.15, 0.2) is 70.7 Å². The van der Waals surface area contributed by atoms with Crippen molar-refractivity contribution in [2.24, 2.45) is 5.41 Å². The molecule has 2 aromatic rings. The molecule has 0 radical (unpaired) electrons. The van der Waals surface area contributed by atoms with Gasteiger partial charge in [-0.3, -0.25) is 0 Å². The first kappa shape index (κ1) is 16.7. The molecule has 4 nitrogen and oxygen atoms in total. The third kappa shape index (κ3) is 3.22. The van der Waals surface area contributed by atoms with Crippen LogP contribution in [0.3, 0.4) is 0 Å². The fourth-order valence-electron chi connectivity index (χ4n) is 3.42. The molecular weight excluding hydrogens is 322 g/mol. The molecule has 0 unspecified atom stereocenters. The van der Waals surface area contributed by atoms with E-state index in [0.717, 1.165) is 19.3 Å². The normalized spacial score (nSPS) is 21.3. The largest absolute Gasteiger partial charge is 0.503 e. The Hall–Kier alpha value is -2.14. The Labute approximate surface area is 143 Å². The van der Waals surface area contributed by atoms with Crippen LogP contribution in [-0.2, 0) is 16.4 Å². The van der Waals surface area contributed by atoms with Crippen LogP contribution in [0.1, 0.15) is 26.2 Å². The van der Waals surface area contributed by atoms with Gasteiger partial charge in [0.25, 0.3) is 0 Å². The maximum atomic E-state index is 13.1. The quantitative estimate of drug-likeness (QED) is 0.867. The van der Waals surface area contributed by atoms with Gasteiger partial charge in [0.2, 0.25) is 16.0 Å². The van der Waals surface area contributed by atoms with E-state index in [2.05, 4.69) is 0 Å². The van der Waals surface area contributed by atoms with E-state index in [1.165, 1.54) is 0 Å². The van der Waals surface area contributed by atoms with Crippen molar-refractivity contribution in [1.29, 1.82) is 0 Å². The predicted molar refractivity (Wildman–Crippen MR) is 92.0 cm³/mol. The van der Waals surface area contributed by atoms with Crippen molar-refractivity contribution < 1.29 is 18.1 Å². The number of allylic oxidation sites excluding steroid dienone is 2. The third-order valence-corrected chi connectivity index (χ3v) is 6.71. The topological polar surface area (TPSA) is 58.2 Å². The number of hydrogen-bond donors (Lipinski definition) is 1. The molecule has 0 saturated heterocycles. The highest BCUT2D eigenvalue weighted by Gasteiger charge is 2.42. The van der Waals surface area contributed by atoms with Crippen molar-refractivity contribution >= 4 is 9.84 Å². The summed E-state index contributed by atoms with van der Waals surface area (Å²) in [6.07, 6.45) is 7.90. The monoisotopic (exact) mass is 344 g/mol. The second-order valence-electron chi connectivity index (χ2n) is 6.57. The summed E-state index contributed by atoms with van der Waals surface area (Å²) in [6.45, 7) is 2.51. The highest BCUT2D eigenvalue weighted by atomic mass is 32.2. The van der Waals surface area contributed by atoms with Gasteiger partial charge in [0.1, 0.15) is 0 Å². The highest BCUT2D eigenvalue weighted by Crippen LogP contribution is 2.42. The molecule has 1 aromatic carbocycles. The van der Waals surface area contributed by atoms with Crippen molar-refractivity contribution in [2.75, 3.05) is 0 Å². The van der Waals surface area contributed by atoms with E-state index in [-0.39, 0.29) is 5.75 Å². The molecule has 1 aromatic heterocycles. The Balaban J connectivity index is 2.01. The average Bonchev–Trinajstić information content (AvgIpc) is 2.55. The molecule has 0 bridgehead atoms. The minimum Gasteiger partial charge on any atom is -0.503 e. The average molecular weight is 344 g/mol. The molecule has 0 amide bonds. The lowest BCUT2D eigenvalue weighted by atomic mass is 9.80. The van der Waals surface area contributed by atoms with Crippen LogP contribution < -0.4 is 4.57 Å². The fraction of sp³-hybridized carbons (Fsp3) is 0.316. The van der Waals surface area contributed by atoms with E-state index in [9.17, 15) is 13.5 Å². The van der Waals surface area contributed by atoms with Gasteiger partial charge in [-0.15, -0.1) is 0 Å². The summed E-state index contributed by atoms with van der Waals surface area (Å²) < 4.78 is 28.1. The van der Waals surface area contributed by atoms with Crippen molar-refractivity contribution in [3.63, 3.8) is 0 Å². The summed E-state index contributed by atoms with van der Waals surface area (Å²) in [5.74, 6) is 0.174. The lowest BCUT2D eigenvalue weighted by Gasteiger charge is -2.32. The molecule has 1 N–H and O–H groups in total. The maximum Gasteiger partial charge on any atom is 0.210 e. The van der Waals surface area contributed by atoms with Gasteiger partial charge in [0.05, 0.1) is 15.2 Å². The highest BCUT2D eigenvalue weighted by molar-refractivity contribution is 7.95. The molecule has 0 saturated carbocycles. The second kappa shape index (κ2) is 6.40. The Morgan fingerprint density at radius 1 is 1.17 bits per heavy atom. The summed E-state index contributed by atoms with van der Waals surface area (Å²) in [6, 6.07) is 12.0. The Morgan fingerprint density at radius 2 is 1.92 bits per heavy atom. The van der Waals surface area contributed by atoms with E-state index in [1.807, 2.05) is 29.8 Å². The number of aromatic hydroxyl groups is 1. The van der Waals surface area contributed by atoms with Crippen molar-refractivity contribution in [3.05, 3.63) is 65.8 Å². The maximum absolute atomic E-state index is 13.1. The van der Waals surface area contributed by atoms with Crippen LogP contribution in [0, 0.1) is 5.41 Å². The summed E-state index contributed by atoms with van der Waals surface area (Å²) >= 11 is 0. The number of sulfone groups is 1. The molecule has 1 atom stereocenters. The van der Waals surface area contributed by atoms with Gasteiger partial charge in [0, 0.05) is 6.07 Å². The number of pyridine rings is 1. The van der Waals surface area contributed by atoms with Crippen molar-refractivity contribution in [2.45, 2.75) is 37.6 Å². The van der Waals surface area contributed by atoms with Crippen LogP contribution in [0.2, 0.25) is 0 Å². The molecule has 1 aliphatic rings. The molecule has 5 heteroatoms. The van der Waals surface area contributed by atoms with Crippen LogP contribution in [0.5, 0.6) is 5.75 Å². The summed E-state index contributed by atoms with van der Waals surface area (Å²) in [4.78, 5) is 0.827. The molecule has 1 aliphatic carbocycles. The molecule has 24 heavy (non-hydrogen) atoms. The zero-order valence-electron chi connectivity index (χ0n) is 13.7. The zero-order valence-corrected chi connectivity index (χ0v) is 14.5. The molecule has 126 valence electrons.